The molecular weight excluding hydrogens is 396 g/mol. The SMILES string of the molecule is CCCCN1C(=O)N(c2nnc(C(C)(C)C)s2)C(O)C1c1ccc(Cl)c(C)c1. The van der Waals surface area contributed by atoms with Crippen molar-refractivity contribution in [2.24, 2.45) is 0 Å². The number of aromatic nitrogens is 2. The Morgan fingerprint density at radius 2 is 2.00 bits per heavy atom. The van der Waals surface area contributed by atoms with Gasteiger partial charge in [0.15, 0.2) is 6.23 Å². The largest absolute Gasteiger partial charge is 0.370 e. The molecule has 1 aromatic carbocycles. The van der Waals surface area contributed by atoms with Crippen LogP contribution in [-0.2, 0) is 5.41 Å². The van der Waals surface area contributed by atoms with Crippen molar-refractivity contribution in [3.63, 3.8) is 0 Å². The van der Waals surface area contributed by atoms with Gasteiger partial charge in [0, 0.05) is 17.0 Å². The summed E-state index contributed by atoms with van der Waals surface area (Å²) in [6.45, 7) is 10.7. The molecule has 0 aliphatic carbocycles. The maximum atomic E-state index is 13.2. The van der Waals surface area contributed by atoms with Gasteiger partial charge in [-0.05, 0) is 30.5 Å². The molecule has 0 saturated carbocycles. The number of urea groups is 1. The predicted octanol–water partition coefficient (Wildman–Crippen LogP) is 4.90. The number of hydrogen-bond acceptors (Lipinski definition) is 5. The molecule has 1 aliphatic heterocycles. The van der Waals surface area contributed by atoms with Crippen LogP contribution in [0.5, 0.6) is 0 Å². The fourth-order valence-electron chi connectivity index (χ4n) is 3.25. The quantitative estimate of drug-likeness (QED) is 0.743. The van der Waals surface area contributed by atoms with E-state index in [9.17, 15) is 9.90 Å². The standard InChI is InChI=1S/C20H27ClN4O2S/c1-6-7-10-24-15(13-8-9-14(21)12(2)11-13)16(26)25(19(24)27)18-23-22-17(28-18)20(3,4)5/h8-9,11,15-16,26H,6-7,10H2,1-5H3. The number of anilines is 1. The minimum Gasteiger partial charge on any atom is -0.370 e. The van der Waals surface area contributed by atoms with Gasteiger partial charge in [-0.2, -0.15) is 0 Å². The fraction of sp³-hybridized carbons (Fsp3) is 0.550. The van der Waals surface area contributed by atoms with Crippen LogP contribution in [0, 0.1) is 6.92 Å². The molecular formula is C20H27ClN4O2S. The molecule has 3 rings (SSSR count). The summed E-state index contributed by atoms with van der Waals surface area (Å²) in [5.74, 6) is 0. The van der Waals surface area contributed by atoms with E-state index in [4.69, 9.17) is 11.6 Å². The van der Waals surface area contributed by atoms with Crippen molar-refractivity contribution < 1.29 is 9.90 Å². The highest BCUT2D eigenvalue weighted by Gasteiger charge is 2.47. The zero-order valence-electron chi connectivity index (χ0n) is 16.9. The number of rotatable bonds is 5. The van der Waals surface area contributed by atoms with Crippen molar-refractivity contribution >= 4 is 34.1 Å². The summed E-state index contributed by atoms with van der Waals surface area (Å²) in [6, 6.07) is 4.91. The fourth-order valence-corrected chi connectivity index (χ4v) is 4.30. The molecule has 2 amide bonds. The average Bonchev–Trinajstić information content (AvgIpc) is 3.19. The second kappa shape index (κ2) is 7.97. The normalized spacial score (nSPS) is 20.3. The first-order valence-electron chi connectivity index (χ1n) is 9.53. The first-order chi connectivity index (χ1) is 13.1. The maximum absolute atomic E-state index is 13.2. The minimum absolute atomic E-state index is 0.168. The Hall–Kier alpha value is -1.70. The molecule has 2 atom stereocenters. The van der Waals surface area contributed by atoms with Crippen LogP contribution in [0.4, 0.5) is 9.93 Å². The Morgan fingerprint density at radius 1 is 1.29 bits per heavy atom. The van der Waals surface area contributed by atoms with Gasteiger partial charge in [0.2, 0.25) is 5.13 Å². The Morgan fingerprint density at radius 3 is 2.57 bits per heavy atom. The van der Waals surface area contributed by atoms with Crippen molar-refractivity contribution in [3.8, 4) is 0 Å². The van der Waals surface area contributed by atoms with Crippen LogP contribution in [0.3, 0.4) is 0 Å². The summed E-state index contributed by atoms with van der Waals surface area (Å²) in [6.07, 6.45) is 0.781. The number of benzene rings is 1. The third-order valence-electron chi connectivity index (χ3n) is 4.87. The summed E-state index contributed by atoms with van der Waals surface area (Å²) < 4.78 is 0. The molecule has 6 nitrogen and oxygen atoms in total. The highest BCUT2D eigenvalue weighted by molar-refractivity contribution is 7.15. The second-order valence-electron chi connectivity index (χ2n) is 8.21. The van der Waals surface area contributed by atoms with Crippen LogP contribution >= 0.6 is 22.9 Å². The van der Waals surface area contributed by atoms with E-state index < -0.39 is 12.3 Å². The lowest BCUT2D eigenvalue weighted by atomic mass is 9.98. The van der Waals surface area contributed by atoms with Gasteiger partial charge in [-0.3, -0.25) is 0 Å². The van der Waals surface area contributed by atoms with Gasteiger partial charge in [-0.1, -0.05) is 69.2 Å². The molecule has 1 aromatic heterocycles. The maximum Gasteiger partial charge on any atom is 0.329 e. The Labute approximate surface area is 175 Å². The number of aliphatic hydroxyl groups excluding tert-OH is 1. The van der Waals surface area contributed by atoms with Crippen LogP contribution < -0.4 is 4.90 Å². The highest BCUT2D eigenvalue weighted by atomic mass is 35.5. The molecule has 2 aromatic rings. The van der Waals surface area contributed by atoms with Gasteiger partial charge >= 0.3 is 6.03 Å². The zero-order chi connectivity index (χ0) is 20.6. The Kier molecular flexibility index (Phi) is 5.98. The van der Waals surface area contributed by atoms with Gasteiger partial charge in [-0.25, -0.2) is 9.69 Å². The number of amides is 2. The van der Waals surface area contributed by atoms with E-state index in [0.717, 1.165) is 29.0 Å². The van der Waals surface area contributed by atoms with Crippen LogP contribution in [0.15, 0.2) is 18.2 Å². The molecule has 1 N–H and O–H groups in total. The number of aliphatic hydroxyl groups is 1. The first kappa shape index (κ1) is 21.0. The molecule has 2 unspecified atom stereocenters. The van der Waals surface area contributed by atoms with E-state index in [0.29, 0.717) is 16.7 Å². The number of carbonyl (C=O) groups is 1. The molecule has 8 heteroatoms. The number of nitrogens with zero attached hydrogens (tertiary/aromatic N) is 4. The van der Waals surface area contributed by atoms with E-state index in [1.165, 1.54) is 16.2 Å². The van der Waals surface area contributed by atoms with E-state index >= 15 is 0 Å². The number of unbranched alkanes of at least 4 members (excludes halogenated alkanes) is 1. The number of halogens is 1. The molecule has 0 spiro atoms. The van der Waals surface area contributed by atoms with Crippen molar-refractivity contribution in [2.45, 2.75) is 65.1 Å². The molecule has 1 saturated heterocycles. The monoisotopic (exact) mass is 422 g/mol. The van der Waals surface area contributed by atoms with Gasteiger partial charge < -0.3 is 10.0 Å². The van der Waals surface area contributed by atoms with E-state index in [1.54, 1.807) is 4.90 Å². The Balaban J connectivity index is 2.00. The van der Waals surface area contributed by atoms with Gasteiger partial charge in [-0.15, -0.1) is 10.2 Å². The van der Waals surface area contributed by atoms with Crippen LogP contribution in [0.2, 0.25) is 5.02 Å². The van der Waals surface area contributed by atoms with E-state index in [2.05, 4.69) is 17.1 Å². The minimum atomic E-state index is -1.04. The third-order valence-corrected chi connectivity index (χ3v) is 6.64. The molecule has 152 valence electrons. The lowest BCUT2D eigenvalue weighted by Crippen LogP contribution is -2.35. The molecule has 1 aliphatic rings. The summed E-state index contributed by atoms with van der Waals surface area (Å²) >= 11 is 7.52. The first-order valence-corrected chi connectivity index (χ1v) is 10.7. The van der Waals surface area contributed by atoms with Crippen LogP contribution in [-0.4, -0.2) is 39.0 Å². The van der Waals surface area contributed by atoms with Gasteiger partial charge in [0.1, 0.15) is 11.0 Å². The molecule has 0 radical (unpaired) electrons. The third kappa shape index (κ3) is 3.88. The summed E-state index contributed by atoms with van der Waals surface area (Å²) in [5.41, 5.74) is 1.61. The lowest BCUT2D eigenvalue weighted by Gasteiger charge is -2.25. The number of hydrogen-bond donors (Lipinski definition) is 1. The summed E-state index contributed by atoms with van der Waals surface area (Å²) in [5, 5.41) is 21.5. The molecule has 28 heavy (non-hydrogen) atoms. The van der Waals surface area contributed by atoms with Gasteiger partial charge in [0.25, 0.3) is 0 Å². The van der Waals surface area contributed by atoms with Crippen LogP contribution in [0.25, 0.3) is 0 Å². The summed E-state index contributed by atoms with van der Waals surface area (Å²) in [4.78, 5) is 16.3. The molecule has 2 heterocycles. The predicted molar refractivity (Wildman–Crippen MR) is 113 cm³/mol. The average molecular weight is 423 g/mol. The molecule has 0 bridgehead atoms. The van der Waals surface area contributed by atoms with E-state index in [1.807, 2.05) is 45.9 Å². The summed E-state index contributed by atoms with van der Waals surface area (Å²) in [7, 11) is 0. The zero-order valence-corrected chi connectivity index (χ0v) is 18.5. The molecule has 1 fully saturated rings. The number of carbonyl (C=O) groups excluding carboxylic acids is 1. The Bertz CT molecular complexity index is 864. The van der Waals surface area contributed by atoms with E-state index in [-0.39, 0.29) is 11.4 Å². The number of aryl methyl sites for hydroxylation is 1. The van der Waals surface area contributed by atoms with Crippen molar-refractivity contribution in [3.05, 3.63) is 39.4 Å². The van der Waals surface area contributed by atoms with Crippen molar-refractivity contribution in [1.29, 1.82) is 0 Å². The smallest absolute Gasteiger partial charge is 0.329 e. The van der Waals surface area contributed by atoms with Crippen molar-refractivity contribution in [1.82, 2.24) is 15.1 Å². The van der Waals surface area contributed by atoms with Gasteiger partial charge in [0.05, 0.1) is 0 Å². The topological polar surface area (TPSA) is 69.6 Å². The second-order valence-corrected chi connectivity index (χ2v) is 9.57. The lowest BCUT2D eigenvalue weighted by molar-refractivity contribution is 0.118. The highest BCUT2D eigenvalue weighted by Crippen LogP contribution is 2.40. The van der Waals surface area contributed by atoms with Crippen molar-refractivity contribution in [2.75, 3.05) is 11.4 Å². The van der Waals surface area contributed by atoms with Crippen LogP contribution in [0.1, 0.15) is 62.7 Å².